The molecular weight excluding hydrogens is 176 g/mol. The van der Waals surface area contributed by atoms with E-state index in [9.17, 15) is 0 Å². The van der Waals surface area contributed by atoms with Crippen LogP contribution in [-0.2, 0) is 0 Å². The molecule has 0 heterocycles. The number of rotatable bonds is 2. The van der Waals surface area contributed by atoms with E-state index in [0.29, 0.717) is 0 Å². The minimum atomic E-state index is -0.260. The van der Waals surface area contributed by atoms with E-state index < -0.39 is 0 Å². The van der Waals surface area contributed by atoms with Crippen LogP contribution in [0.2, 0.25) is 0 Å². The Labute approximate surface area is 85.5 Å². The van der Waals surface area contributed by atoms with E-state index in [2.05, 4.69) is 20.8 Å². The summed E-state index contributed by atoms with van der Waals surface area (Å²) >= 11 is 0. The Kier molecular flexibility index (Phi) is 3.17. The first kappa shape index (κ1) is 11.1. The van der Waals surface area contributed by atoms with Gasteiger partial charge in [0.25, 0.3) is 0 Å². The van der Waals surface area contributed by atoms with Crippen LogP contribution in [-0.4, -0.2) is 11.9 Å². The molecule has 0 bridgehead atoms. The van der Waals surface area contributed by atoms with Crippen molar-refractivity contribution in [2.75, 3.05) is 6.79 Å². The lowest BCUT2D eigenvalue weighted by molar-refractivity contribution is 0.0970. The van der Waals surface area contributed by atoms with Crippen LogP contribution in [0.4, 0.5) is 0 Å². The average molecular weight is 194 g/mol. The quantitative estimate of drug-likeness (QED) is 0.733. The van der Waals surface area contributed by atoms with Gasteiger partial charge >= 0.3 is 0 Å². The highest BCUT2D eigenvalue weighted by atomic mass is 16.6. The van der Waals surface area contributed by atoms with Gasteiger partial charge in [0.1, 0.15) is 5.75 Å². The largest absolute Gasteiger partial charge is 0.467 e. The predicted octanol–water partition coefficient (Wildman–Crippen LogP) is 2.56. The van der Waals surface area contributed by atoms with Crippen LogP contribution in [0.3, 0.4) is 0 Å². The maximum absolute atomic E-state index is 8.80. The van der Waals surface area contributed by atoms with Gasteiger partial charge in [-0.1, -0.05) is 0 Å². The number of ether oxygens (including phenoxy) is 1. The van der Waals surface area contributed by atoms with E-state index >= 15 is 0 Å². The summed E-state index contributed by atoms with van der Waals surface area (Å²) in [5, 5.41) is 8.80. The van der Waals surface area contributed by atoms with Crippen molar-refractivity contribution in [3.63, 3.8) is 0 Å². The third kappa shape index (κ3) is 1.62. The van der Waals surface area contributed by atoms with Crippen LogP contribution in [0, 0.1) is 34.6 Å². The van der Waals surface area contributed by atoms with Crippen molar-refractivity contribution in [3.05, 3.63) is 27.8 Å². The molecule has 0 saturated carbocycles. The van der Waals surface area contributed by atoms with Gasteiger partial charge in [0.2, 0.25) is 0 Å². The van der Waals surface area contributed by atoms with Gasteiger partial charge in [0.05, 0.1) is 0 Å². The molecule has 78 valence electrons. The molecule has 0 aliphatic carbocycles. The topological polar surface area (TPSA) is 29.5 Å². The molecule has 1 rings (SSSR count). The summed E-state index contributed by atoms with van der Waals surface area (Å²) in [5.74, 6) is 0.827. The number of benzene rings is 1. The van der Waals surface area contributed by atoms with E-state index in [1.54, 1.807) is 0 Å². The first-order valence-electron chi connectivity index (χ1n) is 4.81. The lowest BCUT2D eigenvalue weighted by atomic mass is 9.94. The van der Waals surface area contributed by atoms with Crippen LogP contribution in [0.5, 0.6) is 5.75 Å². The maximum Gasteiger partial charge on any atom is 0.186 e. The average Bonchev–Trinajstić information content (AvgIpc) is 2.19. The van der Waals surface area contributed by atoms with Crippen molar-refractivity contribution in [1.82, 2.24) is 0 Å². The summed E-state index contributed by atoms with van der Waals surface area (Å²) in [6, 6.07) is 0. The number of aliphatic hydroxyl groups excluding tert-OH is 1. The smallest absolute Gasteiger partial charge is 0.186 e. The fourth-order valence-corrected chi connectivity index (χ4v) is 1.75. The molecule has 0 aliphatic rings. The van der Waals surface area contributed by atoms with Gasteiger partial charge in [-0.2, -0.15) is 0 Å². The van der Waals surface area contributed by atoms with Gasteiger partial charge in [0, 0.05) is 0 Å². The third-order valence-electron chi connectivity index (χ3n) is 3.14. The second kappa shape index (κ2) is 4.01. The third-order valence-corrected chi connectivity index (χ3v) is 3.14. The molecule has 1 N–H and O–H groups in total. The van der Waals surface area contributed by atoms with Crippen LogP contribution < -0.4 is 4.74 Å². The second-order valence-electron chi connectivity index (χ2n) is 3.73. The molecule has 0 aliphatic heterocycles. The van der Waals surface area contributed by atoms with Crippen molar-refractivity contribution < 1.29 is 9.84 Å². The first-order valence-corrected chi connectivity index (χ1v) is 4.81. The summed E-state index contributed by atoms with van der Waals surface area (Å²) in [6.07, 6.45) is 0. The normalized spacial score (nSPS) is 10.4. The van der Waals surface area contributed by atoms with E-state index in [-0.39, 0.29) is 6.79 Å². The van der Waals surface area contributed by atoms with E-state index in [1.165, 1.54) is 16.7 Å². The number of hydrogen-bond donors (Lipinski definition) is 1. The molecule has 1 aromatic rings. The zero-order valence-electron chi connectivity index (χ0n) is 9.56. The molecule has 2 nitrogen and oxygen atoms in total. The Bertz CT molecular complexity index is 325. The highest BCUT2D eigenvalue weighted by Gasteiger charge is 2.12. The summed E-state index contributed by atoms with van der Waals surface area (Å²) < 4.78 is 5.24. The highest BCUT2D eigenvalue weighted by Crippen LogP contribution is 2.31. The Hall–Kier alpha value is -1.02. The Morgan fingerprint density at radius 3 is 1.50 bits per heavy atom. The monoisotopic (exact) mass is 194 g/mol. The van der Waals surface area contributed by atoms with E-state index in [1.807, 2.05) is 13.8 Å². The van der Waals surface area contributed by atoms with E-state index in [0.717, 1.165) is 16.9 Å². The molecule has 0 amide bonds. The molecule has 0 unspecified atom stereocenters. The molecule has 0 atom stereocenters. The predicted molar refractivity (Wildman–Crippen MR) is 57.8 cm³/mol. The first-order chi connectivity index (χ1) is 6.50. The zero-order chi connectivity index (χ0) is 10.9. The highest BCUT2D eigenvalue weighted by molar-refractivity contribution is 5.53. The van der Waals surface area contributed by atoms with Gasteiger partial charge in [-0.25, -0.2) is 0 Å². The van der Waals surface area contributed by atoms with Crippen molar-refractivity contribution >= 4 is 0 Å². The van der Waals surface area contributed by atoms with Crippen molar-refractivity contribution in [2.24, 2.45) is 0 Å². The zero-order valence-corrected chi connectivity index (χ0v) is 9.56. The summed E-state index contributed by atoms with van der Waals surface area (Å²) in [7, 11) is 0. The second-order valence-corrected chi connectivity index (χ2v) is 3.73. The van der Waals surface area contributed by atoms with Crippen molar-refractivity contribution in [2.45, 2.75) is 34.6 Å². The van der Waals surface area contributed by atoms with E-state index in [4.69, 9.17) is 9.84 Å². The molecule has 14 heavy (non-hydrogen) atoms. The molecule has 0 saturated heterocycles. The van der Waals surface area contributed by atoms with Gasteiger partial charge < -0.3 is 9.84 Å². The molecule has 0 spiro atoms. The minimum Gasteiger partial charge on any atom is -0.467 e. The lowest BCUT2D eigenvalue weighted by Gasteiger charge is -2.17. The summed E-state index contributed by atoms with van der Waals surface area (Å²) in [4.78, 5) is 0. The SMILES string of the molecule is Cc1c(C)c(C)c(OCO)c(C)c1C. The van der Waals surface area contributed by atoms with Crippen LogP contribution >= 0.6 is 0 Å². The fraction of sp³-hybridized carbons (Fsp3) is 0.500. The molecule has 1 aromatic carbocycles. The lowest BCUT2D eigenvalue weighted by Crippen LogP contribution is -2.04. The number of aliphatic hydroxyl groups is 1. The summed E-state index contributed by atoms with van der Waals surface area (Å²) in [5.41, 5.74) is 6.05. The van der Waals surface area contributed by atoms with Gasteiger partial charge in [0.15, 0.2) is 6.79 Å². The van der Waals surface area contributed by atoms with Gasteiger partial charge in [-0.3, -0.25) is 0 Å². The van der Waals surface area contributed by atoms with Crippen molar-refractivity contribution in [1.29, 1.82) is 0 Å². The molecule has 0 radical (unpaired) electrons. The van der Waals surface area contributed by atoms with Gasteiger partial charge in [-0.15, -0.1) is 0 Å². The van der Waals surface area contributed by atoms with Gasteiger partial charge in [-0.05, 0) is 62.4 Å². The number of hydrogen-bond acceptors (Lipinski definition) is 2. The minimum absolute atomic E-state index is 0.260. The molecule has 2 heteroatoms. The fourth-order valence-electron chi connectivity index (χ4n) is 1.75. The standard InChI is InChI=1S/C12H18O2/c1-7-8(2)10(4)12(14-6-13)11(5)9(7)3/h13H,6H2,1-5H3. The molecular formula is C12H18O2. The van der Waals surface area contributed by atoms with Crippen LogP contribution in [0.25, 0.3) is 0 Å². The Morgan fingerprint density at radius 2 is 1.14 bits per heavy atom. The van der Waals surface area contributed by atoms with Crippen LogP contribution in [0.1, 0.15) is 27.8 Å². The maximum atomic E-state index is 8.80. The van der Waals surface area contributed by atoms with Crippen molar-refractivity contribution in [3.8, 4) is 5.75 Å². The summed E-state index contributed by atoms with van der Waals surface area (Å²) in [6.45, 7) is 10.1. The van der Waals surface area contributed by atoms with Crippen LogP contribution in [0.15, 0.2) is 0 Å². The molecule has 0 aromatic heterocycles. The Morgan fingerprint density at radius 1 is 0.786 bits per heavy atom. The Balaban J connectivity index is 3.43. The molecule has 0 fully saturated rings.